The van der Waals surface area contributed by atoms with E-state index in [2.05, 4.69) is 51.4 Å². The van der Waals surface area contributed by atoms with E-state index in [1.165, 1.54) is 30.5 Å². The molecule has 0 spiro atoms. The summed E-state index contributed by atoms with van der Waals surface area (Å²) >= 11 is 0. The fourth-order valence-corrected chi connectivity index (χ4v) is 4.37. The third-order valence-electron chi connectivity index (χ3n) is 5.66. The van der Waals surface area contributed by atoms with Crippen molar-refractivity contribution in [2.24, 2.45) is 0 Å². The summed E-state index contributed by atoms with van der Waals surface area (Å²) in [6.07, 6.45) is 7.48. The lowest BCUT2D eigenvalue weighted by Gasteiger charge is -2.38. The number of nitrogens with zero attached hydrogens (tertiary/aromatic N) is 4. The lowest BCUT2D eigenvalue weighted by Crippen LogP contribution is -2.54. The fraction of sp³-hybridized carbons (Fsp3) is 0.524. The molecule has 0 amide bonds. The highest BCUT2D eigenvalue weighted by atomic mass is 15.2. The number of hydrogen-bond acceptors (Lipinski definition) is 5. The highest BCUT2D eigenvalue weighted by Crippen LogP contribution is 2.31. The van der Waals surface area contributed by atoms with Crippen LogP contribution in [0.2, 0.25) is 0 Å². The van der Waals surface area contributed by atoms with Gasteiger partial charge in [-0.1, -0.05) is 12.1 Å². The van der Waals surface area contributed by atoms with Gasteiger partial charge >= 0.3 is 0 Å². The molecule has 3 heterocycles. The average Bonchev–Trinajstić information content (AvgIpc) is 2.68. The molecule has 2 atom stereocenters. The highest BCUT2D eigenvalue weighted by Gasteiger charge is 2.28. The van der Waals surface area contributed by atoms with Gasteiger partial charge < -0.3 is 5.32 Å². The SMILES string of the molecule is CN(C[C@@H]1CN(Cc2ccccn2)CCN1)[C@H]1CCCc2cccnc21. The molecule has 2 aromatic rings. The molecule has 1 fully saturated rings. The van der Waals surface area contributed by atoms with E-state index in [4.69, 9.17) is 4.98 Å². The number of nitrogens with one attached hydrogen (secondary N) is 1. The Morgan fingerprint density at radius 2 is 2.12 bits per heavy atom. The summed E-state index contributed by atoms with van der Waals surface area (Å²) in [5.74, 6) is 0. The standard InChI is InChI=1S/C21H29N5/c1-25(20-9-4-6-17-7-5-11-24-21(17)20)14-19-16-26(13-12-23-19)15-18-8-2-3-10-22-18/h2-3,5,7-8,10-11,19-20,23H,4,6,9,12-16H2,1H3/t19-,20+/m1/s1. The summed E-state index contributed by atoms with van der Waals surface area (Å²) in [6.45, 7) is 5.20. The summed E-state index contributed by atoms with van der Waals surface area (Å²) < 4.78 is 0. The van der Waals surface area contributed by atoms with Crippen LogP contribution in [0.1, 0.15) is 35.8 Å². The zero-order valence-electron chi connectivity index (χ0n) is 15.6. The van der Waals surface area contributed by atoms with Gasteiger partial charge in [-0.3, -0.25) is 19.8 Å². The van der Waals surface area contributed by atoms with Crippen LogP contribution >= 0.6 is 0 Å². The van der Waals surface area contributed by atoms with Crippen molar-refractivity contribution in [1.82, 2.24) is 25.1 Å². The number of aryl methyl sites for hydroxylation is 1. The maximum atomic E-state index is 4.70. The van der Waals surface area contributed by atoms with Crippen molar-refractivity contribution in [2.45, 2.75) is 37.9 Å². The van der Waals surface area contributed by atoms with Crippen LogP contribution in [0.4, 0.5) is 0 Å². The molecule has 2 aliphatic rings. The molecule has 5 heteroatoms. The molecule has 2 aromatic heterocycles. The Bertz CT molecular complexity index is 705. The molecule has 26 heavy (non-hydrogen) atoms. The molecule has 1 aliphatic heterocycles. The van der Waals surface area contributed by atoms with E-state index in [0.717, 1.165) is 38.4 Å². The van der Waals surface area contributed by atoms with Crippen LogP contribution in [0, 0.1) is 0 Å². The molecular weight excluding hydrogens is 322 g/mol. The van der Waals surface area contributed by atoms with Crippen molar-refractivity contribution in [3.8, 4) is 0 Å². The molecule has 1 N–H and O–H groups in total. The van der Waals surface area contributed by atoms with E-state index in [-0.39, 0.29) is 0 Å². The monoisotopic (exact) mass is 351 g/mol. The summed E-state index contributed by atoms with van der Waals surface area (Å²) in [7, 11) is 2.26. The Balaban J connectivity index is 1.36. The predicted molar refractivity (Wildman–Crippen MR) is 104 cm³/mol. The van der Waals surface area contributed by atoms with Gasteiger partial charge in [0.15, 0.2) is 0 Å². The van der Waals surface area contributed by atoms with Crippen molar-refractivity contribution in [2.75, 3.05) is 33.2 Å². The zero-order chi connectivity index (χ0) is 17.8. The summed E-state index contributed by atoms with van der Waals surface area (Å²) in [5, 5.41) is 3.70. The highest BCUT2D eigenvalue weighted by molar-refractivity contribution is 5.25. The molecule has 1 aliphatic carbocycles. The van der Waals surface area contributed by atoms with Gasteiger partial charge in [-0.2, -0.15) is 0 Å². The number of pyridine rings is 2. The number of rotatable bonds is 5. The molecule has 0 radical (unpaired) electrons. The fourth-order valence-electron chi connectivity index (χ4n) is 4.37. The minimum absolute atomic E-state index is 0.452. The predicted octanol–water partition coefficient (Wildman–Crippen LogP) is 2.26. The van der Waals surface area contributed by atoms with Crippen molar-refractivity contribution >= 4 is 0 Å². The summed E-state index contributed by atoms with van der Waals surface area (Å²) in [5.41, 5.74) is 3.89. The van der Waals surface area contributed by atoms with Crippen LogP contribution in [-0.4, -0.2) is 59.0 Å². The van der Waals surface area contributed by atoms with Gasteiger partial charge in [0.1, 0.15) is 0 Å². The minimum atomic E-state index is 0.452. The Morgan fingerprint density at radius 1 is 1.19 bits per heavy atom. The van der Waals surface area contributed by atoms with Gasteiger partial charge in [-0.05, 0) is 50.1 Å². The summed E-state index contributed by atoms with van der Waals surface area (Å²) in [4.78, 5) is 14.2. The molecule has 1 saturated heterocycles. The van der Waals surface area contributed by atoms with E-state index in [1.54, 1.807) is 0 Å². The second-order valence-corrected chi connectivity index (χ2v) is 7.60. The quantitative estimate of drug-likeness (QED) is 0.895. The lowest BCUT2D eigenvalue weighted by molar-refractivity contribution is 0.137. The lowest BCUT2D eigenvalue weighted by atomic mass is 9.91. The van der Waals surface area contributed by atoms with Gasteiger partial charge in [0.2, 0.25) is 0 Å². The van der Waals surface area contributed by atoms with Gasteiger partial charge in [-0.25, -0.2) is 0 Å². The topological polar surface area (TPSA) is 44.3 Å². The van der Waals surface area contributed by atoms with Crippen LogP contribution in [0.5, 0.6) is 0 Å². The third kappa shape index (κ3) is 4.11. The van der Waals surface area contributed by atoms with E-state index in [0.29, 0.717) is 12.1 Å². The van der Waals surface area contributed by atoms with Gasteiger partial charge in [0.05, 0.1) is 17.4 Å². The van der Waals surface area contributed by atoms with Crippen molar-refractivity contribution in [3.63, 3.8) is 0 Å². The largest absolute Gasteiger partial charge is 0.310 e. The molecule has 0 saturated carbocycles. The molecule has 0 aromatic carbocycles. The third-order valence-corrected chi connectivity index (χ3v) is 5.66. The van der Waals surface area contributed by atoms with E-state index < -0.39 is 0 Å². The van der Waals surface area contributed by atoms with Gasteiger partial charge in [0, 0.05) is 51.2 Å². The first-order valence-electron chi connectivity index (χ1n) is 9.79. The van der Waals surface area contributed by atoms with Crippen molar-refractivity contribution < 1.29 is 0 Å². The van der Waals surface area contributed by atoms with Crippen molar-refractivity contribution in [1.29, 1.82) is 0 Å². The molecular formula is C21H29N5. The zero-order valence-corrected chi connectivity index (χ0v) is 15.6. The van der Waals surface area contributed by atoms with Crippen LogP contribution in [0.15, 0.2) is 42.7 Å². The molecule has 138 valence electrons. The van der Waals surface area contributed by atoms with Gasteiger partial charge in [-0.15, -0.1) is 0 Å². The molecule has 5 nitrogen and oxygen atoms in total. The first-order valence-corrected chi connectivity index (χ1v) is 9.79. The average molecular weight is 351 g/mol. The Hall–Kier alpha value is -1.82. The summed E-state index contributed by atoms with van der Waals surface area (Å²) in [6, 6.07) is 11.4. The van der Waals surface area contributed by atoms with Crippen molar-refractivity contribution in [3.05, 3.63) is 59.7 Å². The minimum Gasteiger partial charge on any atom is -0.310 e. The smallest absolute Gasteiger partial charge is 0.0607 e. The maximum absolute atomic E-state index is 4.70. The number of likely N-dealkylation sites (N-methyl/N-ethyl adjacent to an activating group) is 1. The molecule has 0 bridgehead atoms. The number of hydrogen-bond donors (Lipinski definition) is 1. The van der Waals surface area contributed by atoms with E-state index in [9.17, 15) is 0 Å². The van der Waals surface area contributed by atoms with Crippen LogP contribution in [-0.2, 0) is 13.0 Å². The van der Waals surface area contributed by atoms with Crippen LogP contribution in [0.3, 0.4) is 0 Å². The second kappa shape index (κ2) is 8.25. The Labute approximate surface area is 156 Å². The second-order valence-electron chi connectivity index (χ2n) is 7.60. The number of fused-ring (bicyclic) bond motifs is 1. The molecule has 0 unspecified atom stereocenters. The van der Waals surface area contributed by atoms with Crippen LogP contribution < -0.4 is 5.32 Å². The Kier molecular flexibility index (Phi) is 5.58. The Morgan fingerprint density at radius 3 is 3.00 bits per heavy atom. The normalized spacial score (nSPS) is 23.8. The molecule has 4 rings (SSSR count). The number of piperazine rings is 1. The van der Waals surface area contributed by atoms with Gasteiger partial charge in [0.25, 0.3) is 0 Å². The van der Waals surface area contributed by atoms with E-state index in [1.807, 2.05) is 18.5 Å². The first kappa shape index (κ1) is 17.6. The van der Waals surface area contributed by atoms with Crippen LogP contribution in [0.25, 0.3) is 0 Å². The maximum Gasteiger partial charge on any atom is 0.0607 e. The van der Waals surface area contributed by atoms with E-state index >= 15 is 0 Å². The number of aromatic nitrogens is 2. The first-order chi connectivity index (χ1) is 12.8.